The normalized spacial score (nSPS) is 11.9. The highest BCUT2D eigenvalue weighted by Crippen LogP contribution is 2.34. The third-order valence-corrected chi connectivity index (χ3v) is 3.33. The summed E-state index contributed by atoms with van der Waals surface area (Å²) in [6.07, 6.45) is 1.54. The van der Waals surface area contributed by atoms with Gasteiger partial charge >= 0.3 is 7.60 Å². The highest BCUT2D eigenvalue weighted by atomic mass is 31.2. The van der Waals surface area contributed by atoms with Crippen LogP contribution in [0.4, 0.5) is 0 Å². The molecule has 0 fully saturated rings. The number of benzene rings is 1. The maximum Gasteiger partial charge on any atom is 0.356 e. The number of fused-ring (bicyclic) bond motifs is 1. The fraction of sp³-hybridized carbons (Fsp3) is 0.100. The molecule has 0 saturated carbocycles. The number of ketones is 1. The SMILES string of the molecule is CC(=O)c1c[nH]c2cc(P(=O)(O)O)ccc12. The van der Waals surface area contributed by atoms with Crippen LogP contribution in [0.15, 0.2) is 24.4 Å². The van der Waals surface area contributed by atoms with Crippen LogP contribution >= 0.6 is 7.60 Å². The van der Waals surface area contributed by atoms with Gasteiger partial charge in [-0.05, 0) is 19.1 Å². The minimum Gasteiger partial charge on any atom is -0.360 e. The number of aromatic nitrogens is 1. The summed E-state index contributed by atoms with van der Waals surface area (Å²) in [6, 6.07) is 4.24. The topological polar surface area (TPSA) is 90.4 Å². The van der Waals surface area contributed by atoms with E-state index in [0.29, 0.717) is 16.5 Å². The number of carbonyl (C=O) groups is 1. The maximum absolute atomic E-state index is 11.2. The zero-order valence-electron chi connectivity index (χ0n) is 8.47. The number of rotatable bonds is 2. The molecule has 0 aliphatic carbocycles. The Morgan fingerprint density at radius 3 is 2.62 bits per heavy atom. The predicted octanol–water partition coefficient (Wildman–Crippen LogP) is 1.17. The molecule has 0 bridgehead atoms. The second-order valence-corrected chi connectivity index (χ2v) is 5.14. The zero-order valence-corrected chi connectivity index (χ0v) is 9.36. The summed E-state index contributed by atoms with van der Waals surface area (Å²) in [5.41, 5.74) is 1.07. The van der Waals surface area contributed by atoms with Gasteiger partial charge in [0.25, 0.3) is 0 Å². The summed E-state index contributed by atoms with van der Waals surface area (Å²) >= 11 is 0. The Labute approximate surface area is 91.3 Å². The molecule has 0 saturated heterocycles. The lowest BCUT2D eigenvalue weighted by atomic mass is 10.1. The van der Waals surface area contributed by atoms with E-state index in [2.05, 4.69) is 4.98 Å². The standard InChI is InChI=1S/C10H10NO4P/c1-6(12)9-5-11-10-4-7(16(13,14)15)2-3-8(9)10/h2-5,11H,1H3,(H2,13,14,15). The summed E-state index contributed by atoms with van der Waals surface area (Å²) < 4.78 is 11.0. The van der Waals surface area contributed by atoms with Crippen molar-refractivity contribution in [2.75, 3.05) is 0 Å². The van der Waals surface area contributed by atoms with Crippen molar-refractivity contribution in [2.24, 2.45) is 0 Å². The molecule has 1 aromatic heterocycles. The maximum atomic E-state index is 11.2. The van der Waals surface area contributed by atoms with Crippen molar-refractivity contribution in [1.82, 2.24) is 4.98 Å². The molecule has 5 nitrogen and oxygen atoms in total. The van der Waals surface area contributed by atoms with Crippen LogP contribution in [0.5, 0.6) is 0 Å². The minimum atomic E-state index is -4.24. The lowest BCUT2D eigenvalue weighted by Gasteiger charge is -2.03. The van der Waals surface area contributed by atoms with Crippen molar-refractivity contribution in [3.05, 3.63) is 30.0 Å². The Balaban J connectivity index is 2.67. The van der Waals surface area contributed by atoms with Crippen molar-refractivity contribution in [1.29, 1.82) is 0 Å². The van der Waals surface area contributed by atoms with E-state index < -0.39 is 7.60 Å². The molecule has 0 aliphatic heterocycles. The Kier molecular flexibility index (Phi) is 2.46. The van der Waals surface area contributed by atoms with Gasteiger partial charge in [0, 0.05) is 22.7 Å². The van der Waals surface area contributed by atoms with Gasteiger partial charge in [0.1, 0.15) is 0 Å². The van der Waals surface area contributed by atoms with E-state index in [1.807, 2.05) is 0 Å². The monoisotopic (exact) mass is 239 g/mol. The van der Waals surface area contributed by atoms with Gasteiger partial charge in [-0.1, -0.05) is 6.07 Å². The van der Waals surface area contributed by atoms with Crippen LogP contribution in [0.3, 0.4) is 0 Å². The minimum absolute atomic E-state index is 0.0584. The summed E-state index contributed by atoms with van der Waals surface area (Å²) in [5, 5.41) is 0.613. The van der Waals surface area contributed by atoms with Gasteiger partial charge in [-0.3, -0.25) is 9.36 Å². The zero-order chi connectivity index (χ0) is 11.9. The quantitative estimate of drug-likeness (QED) is 0.542. The molecule has 16 heavy (non-hydrogen) atoms. The molecule has 0 amide bonds. The van der Waals surface area contributed by atoms with E-state index in [0.717, 1.165) is 0 Å². The van der Waals surface area contributed by atoms with E-state index in [4.69, 9.17) is 9.79 Å². The van der Waals surface area contributed by atoms with Crippen LogP contribution in [0.25, 0.3) is 10.9 Å². The van der Waals surface area contributed by atoms with E-state index in [1.54, 1.807) is 0 Å². The first-order valence-corrected chi connectivity index (χ1v) is 6.19. The predicted molar refractivity (Wildman–Crippen MR) is 60.0 cm³/mol. The van der Waals surface area contributed by atoms with Gasteiger partial charge in [-0.15, -0.1) is 0 Å². The molecule has 1 aromatic carbocycles. The van der Waals surface area contributed by atoms with E-state index in [9.17, 15) is 9.36 Å². The van der Waals surface area contributed by atoms with Crippen molar-refractivity contribution < 1.29 is 19.1 Å². The molecule has 1 heterocycles. The number of Topliss-reactive ketones (excluding diaryl/α,β-unsaturated/α-hetero) is 1. The van der Waals surface area contributed by atoms with Crippen LogP contribution in [0.1, 0.15) is 17.3 Å². The second kappa shape index (κ2) is 3.56. The first-order valence-electron chi connectivity index (χ1n) is 4.58. The van der Waals surface area contributed by atoms with Gasteiger partial charge < -0.3 is 14.8 Å². The molecule has 0 spiro atoms. The van der Waals surface area contributed by atoms with Crippen LogP contribution in [0, 0.1) is 0 Å². The van der Waals surface area contributed by atoms with Crippen LogP contribution in [0.2, 0.25) is 0 Å². The Morgan fingerprint density at radius 1 is 1.38 bits per heavy atom. The molecular formula is C10H10NO4P. The van der Waals surface area contributed by atoms with Gasteiger partial charge in [0.2, 0.25) is 0 Å². The van der Waals surface area contributed by atoms with Gasteiger partial charge in [0.15, 0.2) is 5.78 Å². The van der Waals surface area contributed by atoms with Crippen LogP contribution in [-0.4, -0.2) is 20.6 Å². The molecule has 0 radical (unpaired) electrons. The number of carbonyl (C=O) groups excluding carboxylic acids is 1. The lowest BCUT2D eigenvalue weighted by Crippen LogP contribution is -2.02. The molecule has 84 valence electrons. The summed E-state index contributed by atoms with van der Waals surface area (Å²) in [6.45, 7) is 1.44. The van der Waals surface area contributed by atoms with Crippen LogP contribution in [-0.2, 0) is 4.57 Å². The Hall–Kier alpha value is -1.42. The molecule has 2 aromatic rings. The number of nitrogens with one attached hydrogen (secondary N) is 1. The van der Waals surface area contributed by atoms with Gasteiger partial charge in [0.05, 0.1) is 5.30 Å². The fourth-order valence-electron chi connectivity index (χ4n) is 1.59. The number of aromatic amines is 1. The average Bonchev–Trinajstić information content (AvgIpc) is 2.58. The average molecular weight is 239 g/mol. The van der Waals surface area contributed by atoms with Crippen molar-refractivity contribution in [2.45, 2.75) is 6.92 Å². The number of hydrogen-bond donors (Lipinski definition) is 3. The molecular weight excluding hydrogens is 229 g/mol. The molecule has 0 aliphatic rings. The number of hydrogen-bond acceptors (Lipinski definition) is 2. The molecule has 2 rings (SSSR count). The molecule has 6 heteroatoms. The lowest BCUT2D eigenvalue weighted by molar-refractivity contribution is 0.101. The summed E-state index contributed by atoms with van der Waals surface area (Å²) in [4.78, 5) is 32.0. The second-order valence-electron chi connectivity index (χ2n) is 3.53. The van der Waals surface area contributed by atoms with Crippen molar-refractivity contribution in [3.8, 4) is 0 Å². The highest BCUT2D eigenvalue weighted by Gasteiger charge is 2.18. The smallest absolute Gasteiger partial charge is 0.356 e. The highest BCUT2D eigenvalue weighted by molar-refractivity contribution is 7.60. The molecule has 0 atom stereocenters. The summed E-state index contributed by atoms with van der Waals surface area (Å²) in [5.74, 6) is -0.0878. The first kappa shape index (κ1) is 11.1. The van der Waals surface area contributed by atoms with Crippen LogP contribution < -0.4 is 5.30 Å². The third kappa shape index (κ3) is 1.80. The van der Waals surface area contributed by atoms with Crippen molar-refractivity contribution >= 4 is 29.6 Å². The molecule has 0 unspecified atom stereocenters. The Morgan fingerprint density at radius 2 is 2.06 bits per heavy atom. The first-order chi connectivity index (χ1) is 7.39. The van der Waals surface area contributed by atoms with Gasteiger partial charge in [-0.2, -0.15) is 0 Å². The van der Waals surface area contributed by atoms with Gasteiger partial charge in [-0.25, -0.2) is 0 Å². The Bertz CT molecular complexity index is 610. The fourth-order valence-corrected chi connectivity index (χ4v) is 2.15. The third-order valence-electron chi connectivity index (χ3n) is 2.38. The van der Waals surface area contributed by atoms with Crippen molar-refractivity contribution in [3.63, 3.8) is 0 Å². The van der Waals surface area contributed by atoms with E-state index in [1.165, 1.54) is 31.3 Å². The van der Waals surface area contributed by atoms with E-state index in [-0.39, 0.29) is 11.1 Å². The largest absolute Gasteiger partial charge is 0.360 e. The summed E-state index contributed by atoms with van der Waals surface area (Å²) in [7, 11) is -4.24. The number of H-pyrrole nitrogens is 1. The van der Waals surface area contributed by atoms with E-state index >= 15 is 0 Å². The molecule has 3 N–H and O–H groups in total.